The molecule has 0 saturated carbocycles. The second kappa shape index (κ2) is 2.89. The molecule has 0 aliphatic carbocycles. The van der Waals surface area contributed by atoms with Gasteiger partial charge in [-0.25, -0.2) is 2.90 Å². The van der Waals surface area contributed by atoms with Gasteiger partial charge in [0.25, 0.3) is 0 Å². The molecule has 11 heavy (non-hydrogen) atoms. The molecule has 0 amide bonds. The lowest BCUT2D eigenvalue weighted by atomic mass is 10.3. The Morgan fingerprint density at radius 2 is 2.18 bits per heavy atom. The highest BCUT2D eigenvalue weighted by Gasteiger charge is 2.01. The summed E-state index contributed by atoms with van der Waals surface area (Å²) in [6.07, 6.45) is 1.89. The van der Waals surface area contributed by atoms with Gasteiger partial charge in [-0.1, -0.05) is 6.07 Å². The van der Waals surface area contributed by atoms with Gasteiger partial charge in [-0.2, -0.15) is 5.10 Å². The van der Waals surface area contributed by atoms with E-state index in [9.17, 15) is 0 Å². The van der Waals surface area contributed by atoms with Crippen LogP contribution in [0.5, 0.6) is 0 Å². The summed E-state index contributed by atoms with van der Waals surface area (Å²) in [7, 11) is 0. The summed E-state index contributed by atoms with van der Waals surface area (Å²) in [4.78, 5) is 0. The van der Waals surface area contributed by atoms with E-state index in [1.165, 1.54) is 14.5 Å². The first-order valence-corrected chi connectivity index (χ1v) is 5.12. The van der Waals surface area contributed by atoms with Crippen LogP contribution in [0, 0.1) is 3.57 Å². The second-order valence-electron chi connectivity index (χ2n) is 2.18. The fourth-order valence-electron chi connectivity index (χ4n) is 0.985. The first-order chi connectivity index (χ1) is 5.29. The predicted octanol–water partition coefficient (Wildman–Crippen LogP) is 2.84. The molecule has 0 aliphatic heterocycles. The first-order valence-electron chi connectivity index (χ1n) is 3.07. The molecule has 56 valence electrons. The second-order valence-corrected chi connectivity index (χ2v) is 4.25. The molecule has 0 N–H and O–H groups in total. The Morgan fingerprint density at radius 1 is 1.36 bits per heavy atom. The van der Waals surface area contributed by atoms with Crippen molar-refractivity contribution in [3.8, 4) is 0 Å². The van der Waals surface area contributed by atoms with Crippen molar-refractivity contribution in [2.24, 2.45) is 0 Å². The standard InChI is InChI=1S/C7H4I2N2/c8-6-2-1-3-7-5(6)4-10-11(7)9/h1-4H. The number of hydrogen-bond donors (Lipinski definition) is 0. The molecule has 0 atom stereocenters. The van der Waals surface area contributed by atoms with Gasteiger partial charge in [0.15, 0.2) is 0 Å². The number of halogens is 2. The van der Waals surface area contributed by atoms with Crippen LogP contribution < -0.4 is 0 Å². The zero-order chi connectivity index (χ0) is 7.84. The van der Waals surface area contributed by atoms with E-state index in [0.717, 1.165) is 0 Å². The van der Waals surface area contributed by atoms with Crippen LogP contribution in [0.15, 0.2) is 24.4 Å². The topological polar surface area (TPSA) is 17.8 Å². The van der Waals surface area contributed by atoms with Crippen molar-refractivity contribution in [2.45, 2.75) is 0 Å². The Balaban J connectivity index is 2.94. The zero-order valence-electron chi connectivity index (χ0n) is 5.46. The molecule has 2 rings (SSSR count). The van der Waals surface area contributed by atoms with Crippen LogP contribution >= 0.6 is 45.5 Å². The predicted molar refractivity (Wildman–Crippen MR) is 61.9 cm³/mol. The summed E-state index contributed by atoms with van der Waals surface area (Å²) in [6, 6.07) is 6.19. The first kappa shape index (κ1) is 7.78. The average Bonchev–Trinajstić information content (AvgIpc) is 2.35. The lowest BCUT2D eigenvalue weighted by molar-refractivity contribution is 1.09. The maximum atomic E-state index is 4.16. The molecular formula is C7H4I2N2. The van der Waals surface area contributed by atoms with Gasteiger partial charge in [0, 0.05) is 8.96 Å². The van der Waals surface area contributed by atoms with Gasteiger partial charge in [0.1, 0.15) is 0 Å². The highest BCUT2D eigenvalue weighted by molar-refractivity contribution is 14.1. The van der Waals surface area contributed by atoms with Crippen molar-refractivity contribution in [3.05, 3.63) is 28.0 Å². The molecule has 4 heteroatoms. The normalized spacial score (nSPS) is 10.7. The molecule has 0 saturated heterocycles. The van der Waals surface area contributed by atoms with Crippen molar-refractivity contribution < 1.29 is 0 Å². The molecule has 2 aromatic rings. The Kier molecular flexibility index (Phi) is 2.04. The van der Waals surface area contributed by atoms with Crippen LogP contribution in [0.1, 0.15) is 0 Å². The largest absolute Gasteiger partial charge is 0.204 e. The summed E-state index contributed by atoms with van der Waals surface area (Å²) < 4.78 is 3.11. The van der Waals surface area contributed by atoms with Gasteiger partial charge in [0.05, 0.1) is 34.6 Å². The highest BCUT2D eigenvalue weighted by atomic mass is 127. The monoisotopic (exact) mass is 370 g/mol. The molecule has 0 spiro atoms. The molecule has 0 radical (unpaired) electrons. The van der Waals surface area contributed by atoms with E-state index in [0.29, 0.717) is 0 Å². The summed E-state index contributed by atoms with van der Waals surface area (Å²) in [6.45, 7) is 0. The molecule has 1 heterocycles. The number of hydrogen-bond acceptors (Lipinski definition) is 1. The Labute approximate surface area is 91.6 Å². The molecule has 0 fully saturated rings. The van der Waals surface area contributed by atoms with Crippen LogP contribution in [-0.4, -0.2) is 7.99 Å². The summed E-state index contributed by atoms with van der Waals surface area (Å²) in [5.41, 5.74) is 1.18. The Hall–Kier alpha value is 0.150. The number of nitrogens with zero attached hydrogens (tertiary/aromatic N) is 2. The Morgan fingerprint density at radius 3 is 2.91 bits per heavy atom. The number of fused-ring (bicyclic) bond motifs is 1. The minimum atomic E-state index is 1.18. The van der Waals surface area contributed by atoms with Gasteiger partial charge >= 0.3 is 0 Å². The lowest BCUT2D eigenvalue weighted by Gasteiger charge is -1.92. The van der Waals surface area contributed by atoms with E-state index in [2.05, 4.69) is 62.7 Å². The van der Waals surface area contributed by atoms with Gasteiger partial charge < -0.3 is 0 Å². The third-order valence-electron chi connectivity index (χ3n) is 1.52. The SMILES string of the molecule is Ic1cccc2c1cnn2I. The minimum Gasteiger partial charge on any atom is -0.204 e. The molecule has 0 aliphatic rings. The van der Waals surface area contributed by atoms with Crippen molar-refractivity contribution in [1.29, 1.82) is 0 Å². The van der Waals surface area contributed by atoms with Crippen molar-refractivity contribution in [1.82, 2.24) is 7.99 Å². The third-order valence-corrected chi connectivity index (χ3v) is 3.23. The fraction of sp³-hybridized carbons (Fsp3) is 0. The van der Waals surface area contributed by atoms with Crippen LogP contribution in [0.25, 0.3) is 10.9 Å². The van der Waals surface area contributed by atoms with Gasteiger partial charge in [-0.05, 0) is 34.7 Å². The molecule has 1 aromatic heterocycles. The summed E-state index contributed by atoms with van der Waals surface area (Å²) in [5.74, 6) is 0. The molecule has 1 aromatic carbocycles. The number of aromatic nitrogens is 2. The fourth-order valence-corrected chi connectivity index (χ4v) is 2.15. The quantitative estimate of drug-likeness (QED) is 0.653. The van der Waals surface area contributed by atoms with Crippen LogP contribution in [0.4, 0.5) is 0 Å². The maximum Gasteiger partial charge on any atom is 0.0851 e. The smallest absolute Gasteiger partial charge is 0.0851 e. The molecule has 0 bridgehead atoms. The van der Waals surface area contributed by atoms with Gasteiger partial charge in [0.2, 0.25) is 0 Å². The van der Waals surface area contributed by atoms with Gasteiger partial charge in [-0.3, -0.25) is 0 Å². The van der Waals surface area contributed by atoms with Gasteiger partial charge in [-0.15, -0.1) is 0 Å². The highest BCUT2D eigenvalue weighted by Crippen LogP contribution is 2.20. The van der Waals surface area contributed by atoms with E-state index in [1.807, 2.05) is 15.2 Å². The lowest BCUT2D eigenvalue weighted by Crippen LogP contribution is -1.78. The average molecular weight is 370 g/mol. The Bertz CT molecular complexity index is 394. The summed E-state index contributed by atoms with van der Waals surface area (Å²) >= 11 is 4.49. The zero-order valence-corrected chi connectivity index (χ0v) is 9.77. The van der Waals surface area contributed by atoms with Crippen LogP contribution in [0.2, 0.25) is 0 Å². The molecule has 2 nitrogen and oxygen atoms in total. The third kappa shape index (κ3) is 1.26. The van der Waals surface area contributed by atoms with E-state index < -0.39 is 0 Å². The van der Waals surface area contributed by atoms with E-state index in [-0.39, 0.29) is 0 Å². The summed E-state index contributed by atoms with van der Waals surface area (Å²) in [5, 5.41) is 5.38. The minimum absolute atomic E-state index is 1.18. The van der Waals surface area contributed by atoms with Crippen LogP contribution in [0.3, 0.4) is 0 Å². The molecular weight excluding hydrogens is 366 g/mol. The van der Waals surface area contributed by atoms with E-state index in [1.54, 1.807) is 0 Å². The number of benzene rings is 1. The molecule has 0 unspecified atom stereocenters. The number of rotatable bonds is 0. The van der Waals surface area contributed by atoms with E-state index >= 15 is 0 Å². The van der Waals surface area contributed by atoms with Crippen LogP contribution in [-0.2, 0) is 0 Å². The maximum absolute atomic E-state index is 4.16. The van der Waals surface area contributed by atoms with E-state index in [4.69, 9.17) is 0 Å². The van der Waals surface area contributed by atoms with Crippen molar-refractivity contribution >= 4 is 56.4 Å². The van der Waals surface area contributed by atoms with Crippen molar-refractivity contribution in [3.63, 3.8) is 0 Å². The van der Waals surface area contributed by atoms with Crippen molar-refractivity contribution in [2.75, 3.05) is 0 Å².